The fourth-order valence-electron chi connectivity index (χ4n) is 4.57. The molecule has 0 unspecified atom stereocenters. The zero-order valence-corrected chi connectivity index (χ0v) is 16.1. The summed E-state index contributed by atoms with van der Waals surface area (Å²) in [4.78, 5) is 11.1. The molecule has 0 saturated heterocycles. The molecule has 0 aromatic heterocycles. The third-order valence-electron chi connectivity index (χ3n) is 6.48. The average Bonchev–Trinajstić information content (AvgIpc) is 2.64. The highest BCUT2D eigenvalue weighted by molar-refractivity contribution is 5.70. The van der Waals surface area contributed by atoms with Crippen LogP contribution >= 0.6 is 0 Å². The second-order valence-corrected chi connectivity index (χ2v) is 8.64. The van der Waals surface area contributed by atoms with Gasteiger partial charge in [0, 0.05) is 12.1 Å². The van der Waals surface area contributed by atoms with Crippen molar-refractivity contribution in [1.29, 1.82) is 0 Å². The molecule has 3 N–H and O–H groups in total. The van der Waals surface area contributed by atoms with E-state index in [-0.39, 0.29) is 5.92 Å². The lowest BCUT2D eigenvalue weighted by Gasteiger charge is -2.39. The van der Waals surface area contributed by atoms with Gasteiger partial charge < -0.3 is 15.5 Å². The summed E-state index contributed by atoms with van der Waals surface area (Å²) in [7, 11) is 0. The van der Waals surface area contributed by atoms with Gasteiger partial charge >= 0.3 is 5.97 Å². The Bertz CT molecular complexity index is 594. The molecule has 2 aliphatic rings. The first-order chi connectivity index (χ1) is 12.4. The topological polar surface area (TPSA) is 69.6 Å². The van der Waals surface area contributed by atoms with Crippen molar-refractivity contribution >= 4 is 5.97 Å². The molecule has 4 heteroatoms. The maximum Gasteiger partial charge on any atom is 0.306 e. The molecule has 0 bridgehead atoms. The van der Waals surface area contributed by atoms with E-state index in [0.29, 0.717) is 18.0 Å². The van der Waals surface area contributed by atoms with Gasteiger partial charge in [-0.1, -0.05) is 38.1 Å². The van der Waals surface area contributed by atoms with Gasteiger partial charge in [-0.2, -0.15) is 0 Å². The molecule has 144 valence electrons. The predicted octanol–water partition coefficient (Wildman–Crippen LogP) is 4.17. The summed E-state index contributed by atoms with van der Waals surface area (Å²) in [5.41, 5.74) is 1.65. The zero-order chi connectivity index (χ0) is 18.7. The lowest BCUT2D eigenvalue weighted by Crippen LogP contribution is -2.45. The van der Waals surface area contributed by atoms with Crippen molar-refractivity contribution in [2.45, 2.75) is 88.8 Å². The summed E-state index contributed by atoms with van der Waals surface area (Å²) >= 11 is 0. The van der Waals surface area contributed by atoms with Gasteiger partial charge in [0.25, 0.3) is 0 Å². The number of carbonyl (C=O) groups is 1. The Labute approximate surface area is 157 Å². The van der Waals surface area contributed by atoms with E-state index < -0.39 is 11.6 Å². The van der Waals surface area contributed by atoms with Crippen LogP contribution in [0, 0.1) is 5.92 Å². The molecular weight excluding hydrogens is 326 g/mol. The molecular formula is C22H33NO3. The number of aliphatic hydroxyl groups is 1. The van der Waals surface area contributed by atoms with E-state index in [9.17, 15) is 9.90 Å². The Morgan fingerprint density at radius 1 is 1.00 bits per heavy atom. The minimum absolute atomic E-state index is 0.154. The molecule has 2 fully saturated rings. The molecule has 0 radical (unpaired) electrons. The maximum absolute atomic E-state index is 11.1. The van der Waals surface area contributed by atoms with Crippen molar-refractivity contribution in [3.05, 3.63) is 35.4 Å². The van der Waals surface area contributed by atoms with Crippen LogP contribution < -0.4 is 5.32 Å². The van der Waals surface area contributed by atoms with Gasteiger partial charge in [-0.05, 0) is 68.4 Å². The Hall–Kier alpha value is -1.39. The first-order valence-electron chi connectivity index (χ1n) is 10.2. The minimum Gasteiger partial charge on any atom is -0.481 e. The van der Waals surface area contributed by atoms with Gasteiger partial charge in [0.2, 0.25) is 0 Å². The van der Waals surface area contributed by atoms with Crippen LogP contribution in [0.25, 0.3) is 0 Å². The Morgan fingerprint density at radius 3 is 2.04 bits per heavy atom. The van der Waals surface area contributed by atoms with Crippen molar-refractivity contribution in [2.24, 2.45) is 5.92 Å². The number of hydrogen-bond donors (Lipinski definition) is 3. The molecule has 0 aliphatic heterocycles. The lowest BCUT2D eigenvalue weighted by atomic mass is 9.76. The molecule has 26 heavy (non-hydrogen) atoms. The van der Waals surface area contributed by atoms with Crippen LogP contribution in [0.4, 0.5) is 0 Å². The third-order valence-corrected chi connectivity index (χ3v) is 6.48. The molecule has 0 heterocycles. The molecule has 3 rings (SSSR count). The first-order valence-corrected chi connectivity index (χ1v) is 10.2. The highest BCUT2D eigenvalue weighted by Crippen LogP contribution is 2.38. The van der Waals surface area contributed by atoms with Crippen molar-refractivity contribution in [3.63, 3.8) is 0 Å². The van der Waals surface area contributed by atoms with Crippen LogP contribution in [0.5, 0.6) is 0 Å². The number of hydrogen-bond acceptors (Lipinski definition) is 3. The second kappa shape index (κ2) is 8.10. The Kier molecular flexibility index (Phi) is 6.03. The van der Waals surface area contributed by atoms with E-state index in [4.69, 9.17) is 5.11 Å². The zero-order valence-electron chi connectivity index (χ0n) is 16.1. The molecule has 0 atom stereocenters. The van der Waals surface area contributed by atoms with Crippen molar-refractivity contribution < 1.29 is 15.0 Å². The summed E-state index contributed by atoms with van der Waals surface area (Å²) in [5, 5.41) is 23.9. The van der Waals surface area contributed by atoms with E-state index in [2.05, 4.69) is 43.4 Å². The smallest absolute Gasteiger partial charge is 0.306 e. The normalized spacial score (nSPS) is 32.5. The highest BCUT2D eigenvalue weighted by atomic mass is 16.4. The lowest BCUT2D eigenvalue weighted by molar-refractivity contribution is -0.142. The number of carboxylic acid groups (broad SMARTS) is 1. The summed E-state index contributed by atoms with van der Waals surface area (Å²) in [6, 6.07) is 9.35. The first kappa shape index (κ1) is 19.4. The van der Waals surface area contributed by atoms with Gasteiger partial charge in [0.1, 0.15) is 0 Å². The predicted molar refractivity (Wildman–Crippen MR) is 103 cm³/mol. The second-order valence-electron chi connectivity index (χ2n) is 8.64. The molecule has 1 aromatic carbocycles. The van der Waals surface area contributed by atoms with Crippen LogP contribution in [0.1, 0.15) is 82.3 Å². The minimum atomic E-state index is -0.700. The average molecular weight is 360 g/mol. The quantitative estimate of drug-likeness (QED) is 0.738. The number of benzene rings is 1. The highest BCUT2D eigenvalue weighted by Gasteiger charge is 2.36. The van der Waals surface area contributed by atoms with Gasteiger partial charge in [0.15, 0.2) is 0 Å². The van der Waals surface area contributed by atoms with Gasteiger partial charge in [0.05, 0.1) is 11.5 Å². The number of nitrogens with one attached hydrogen (secondary N) is 1. The summed E-state index contributed by atoms with van der Waals surface area (Å²) < 4.78 is 0. The monoisotopic (exact) mass is 359 g/mol. The molecule has 1 aromatic rings. The summed E-state index contributed by atoms with van der Waals surface area (Å²) in [5.74, 6) is -0.289. The molecule has 0 spiro atoms. The van der Waals surface area contributed by atoms with E-state index in [1.807, 2.05) is 0 Å². The standard InChI is InChI=1S/C22H33NO3/c1-15(2)16-3-7-18(8-4-16)22(26)13-11-20(12-14-22)23-19-9-5-17(6-10-19)21(24)25/h3-4,7-8,15,17,19-20,23,26H,5-6,9-14H2,1-2H3,(H,24,25). The SMILES string of the molecule is CC(C)c1ccc(C2(O)CCC(NC3CCC(C(=O)O)CC3)CC2)cc1. The van der Waals surface area contributed by atoms with Crippen LogP contribution in [-0.2, 0) is 10.4 Å². The van der Waals surface area contributed by atoms with E-state index in [1.165, 1.54) is 5.56 Å². The fourth-order valence-corrected chi connectivity index (χ4v) is 4.57. The third kappa shape index (κ3) is 4.47. The van der Waals surface area contributed by atoms with Crippen LogP contribution in [0.3, 0.4) is 0 Å². The fraction of sp³-hybridized carbons (Fsp3) is 0.682. The number of aliphatic carboxylic acids is 1. The van der Waals surface area contributed by atoms with Gasteiger partial charge in [-0.3, -0.25) is 4.79 Å². The molecule has 4 nitrogen and oxygen atoms in total. The number of carboxylic acids is 1. The van der Waals surface area contributed by atoms with Crippen molar-refractivity contribution in [2.75, 3.05) is 0 Å². The molecule has 2 aliphatic carbocycles. The summed E-state index contributed by atoms with van der Waals surface area (Å²) in [6.45, 7) is 4.37. The van der Waals surface area contributed by atoms with Crippen molar-refractivity contribution in [1.82, 2.24) is 5.32 Å². The van der Waals surface area contributed by atoms with Crippen molar-refractivity contribution in [3.8, 4) is 0 Å². The largest absolute Gasteiger partial charge is 0.481 e. The van der Waals surface area contributed by atoms with Crippen LogP contribution in [0.2, 0.25) is 0 Å². The van der Waals surface area contributed by atoms with E-state index in [1.54, 1.807) is 0 Å². The van der Waals surface area contributed by atoms with Crippen LogP contribution in [0.15, 0.2) is 24.3 Å². The Balaban J connectivity index is 1.50. The van der Waals surface area contributed by atoms with E-state index >= 15 is 0 Å². The number of rotatable bonds is 5. The van der Waals surface area contributed by atoms with Gasteiger partial charge in [-0.15, -0.1) is 0 Å². The van der Waals surface area contributed by atoms with E-state index in [0.717, 1.165) is 56.9 Å². The Morgan fingerprint density at radius 2 is 1.54 bits per heavy atom. The van der Waals surface area contributed by atoms with Crippen LogP contribution in [-0.4, -0.2) is 28.3 Å². The molecule has 0 amide bonds. The van der Waals surface area contributed by atoms with Gasteiger partial charge in [-0.25, -0.2) is 0 Å². The summed E-state index contributed by atoms with van der Waals surface area (Å²) in [6.07, 6.45) is 7.00. The molecule has 2 saturated carbocycles. The maximum atomic E-state index is 11.1.